The number of nitrogen functional groups attached to an aromatic ring is 1. The molecule has 4 aromatic rings. The number of tetrazole rings is 1. The van der Waals surface area contributed by atoms with Gasteiger partial charge in [-0.15, -0.1) is 10.2 Å². The van der Waals surface area contributed by atoms with Gasteiger partial charge in [0.15, 0.2) is 11.6 Å². The third kappa shape index (κ3) is 5.43. The highest BCUT2D eigenvalue weighted by Crippen LogP contribution is 2.26. The van der Waals surface area contributed by atoms with Crippen LogP contribution in [0.15, 0.2) is 36.5 Å². The second-order valence-electron chi connectivity index (χ2n) is 9.43. The van der Waals surface area contributed by atoms with Crippen molar-refractivity contribution in [1.29, 1.82) is 0 Å². The summed E-state index contributed by atoms with van der Waals surface area (Å²) in [5.74, 6) is -0.0683. The smallest absolute Gasteiger partial charge is 0.274 e. The molecule has 4 rings (SSSR count). The van der Waals surface area contributed by atoms with Crippen molar-refractivity contribution in [3.8, 4) is 5.82 Å². The Morgan fingerprint density at radius 2 is 1.89 bits per heavy atom. The van der Waals surface area contributed by atoms with Crippen molar-refractivity contribution in [2.24, 2.45) is 0 Å². The largest absolute Gasteiger partial charge is 0.399 e. The molecule has 1 aromatic carbocycles. The van der Waals surface area contributed by atoms with Crippen LogP contribution in [0.1, 0.15) is 58.7 Å². The zero-order valence-corrected chi connectivity index (χ0v) is 21.8. The lowest BCUT2D eigenvalue weighted by atomic mass is 9.96. The molecule has 0 fully saturated rings. The Labute approximate surface area is 218 Å². The highest BCUT2D eigenvalue weighted by Gasteiger charge is 2.24. The number of hydrogen-bond acceptors (Lipinski definition) is 8. The number of hydrogen-bond donors (Lipinski definition) is 3. The van der Waals surface area contributed by atoms with Crippen LogP contribution in [0, 0.1) is 6.92 Å². The van der Waals surface area contributed by atoms with Gasteiger partial charge in [0, 0.05) is 24.3 Å². The molecule has 0 aliphatic heterocycles. The van der Waals surface area contributed by atoms with Gasteiger partial charge in [-0.3, -0.25) is 9.59 Å². The Morgan fingerprint density at radius 3 is 2.54 bits per heavy atom. The fraction of sp³-hybridized carbons (Fsp3) is 0.292. The van der Waals surface area contributed by atoms with Gasteiger partial charge in [0.1, 0.15) is 12.2 Å². The van der Waals surface area contributed by atoms with Crippen LogP contribution in [0.2, 0.25) is 5.02 Å². The van der Waals surface area contributed by atoms with E-state index in [1.807, 2.05) is 20.8 Å². The number of anilines is 2. The first kappa shape index (κ1) is 25.8. The minimum atomic E-state index is -0.527. The highest BCUT2D eigenvalue weighted by molar-refractivity contribution is 6.32. The molecule has 0 spiro atoms. The Bertz CT molecular complexity index is 1490. The molecular weight excluding hydrogens is 496 g/mol. The number of carbonyl (C=O) groups is 2. The molecule has 3 heterocycles. The molecule has 3 aromatic heterocycles. The van der Waals surface area contributed by atoms with Crippen molar-refractivity contribution >= 4 is 34.8 Å². The molecule has 0 bridgehead atoms. The molecule has 192 valence electrons. The molecule has 13 heteroatoms. The number of halogens is 1. The minimum absolute atomic E-state index is 0.144. The number of aryl methyl sites for hydroxylation is 1. The Morgan fingerprint density at radius 1 is 1.14 bits per heavy atom. The van der Waals surface area contributed by atoms with Gasteiger partial charge in [-0.1, -0.05) is 32.4 Å². The summed E-state index contributed by atoms with van der Waals surface area (Å²) in [4.78, 5) is 31.8. The van der Waals surface area contributed by atoms with Crippen LogP contribution in [0.3, 0.4) is 0 Å². The first-order valence-electron chi connectivity index (χ1n) is 11.4. The van der Waals surface area contributed by atoms with E-state index in [4.69, 9.17) is 17.3 Å². The monoisotopic (exact) mass is 522 g/mol. The van der Waals surface area contributed by atoms with Crippen molar-refractivity contribution < 1.29 is 9.59 Å². The van der Waals surface area contributed by atoms with E-state index in [2.05, 4.69) is 36.1 Å². The summed E-state index contributed by atoms with van der Waals surface area (Å²) in [5.41, 5.74) is 7.86. The summed E-state index contributed by atoms with van der Waals surface area (Å²) in [6.45, 7) is 7.87. The van der Waals surface area contributed by atoms with Crippen LogP contribution in [0.5, 0.6) is 0 Å². The van der Waals surface area contributed by atoms with Gasteiger partial charge < -0.3 is 16.4 Å². The standard InChI is InChI=1S/C24H27ClN10O2/c1-13-9-14(26)10-16(21(36)27-5)19(13)29-22(37)18-11-15(12-34-32-23(30-33-34)24(2,3)4)31-35(18)20-17(25)7-6-8-28-20/h6-11H,12,26H2,1-5H3,(H,27,36)(H,29,37). The maximum Gasteiger partial charge on any atom is 0.274 e. The van der Waals surface area contributed by atoms with Gasteiger partial charge in [-0.2, -0.15) is 9.90 Å². The van der Waals surface area contributed by atoms with Gasteiger partial charge in [0.2, 0.25) is 0 Å². The van der Waals surface area contributed by atoms with E-state index in [1.165, 1.54) is 22.6 Å². The Balaban J connectivity index is 1.75. The normalized spacial score (nSPS) is 11.4. The van der Waals surface area contributed by atoms with Gasteiger partial charge in [0.25, 0.3) is 11.8 Å². The van der Waals surface area contributed by atoms with Crippen LogP contribution in [-0.4, -0.2) is 53.8 Å². The van der Waals surface area contributed by atoms with E-state index in [-0.39, 0.29) is 34.9 Å². The van der Waals surface area contributed by atoms with Crippen molar-refractivity contribution in [3.05, 3.63) is 69.9 Å². The zero-order chi connectivity index (χ0) is 26.9. The lowest BCUT2D eigenvalue weighted by Crippen LogP contribution is -2.24. The molecule has 0 radical (unpaired) electrons. The Hall–Kier alpha value is -4.32. The van der Waals surface area contributed by atoms with E-state index in [1.54, 1.807) is 37.4 Å². The fourth-order valence-corrected chi connectivity index (χ4v) is 3.79. The predicted molar refractivity (Wildman–Crippen MR) is 139 cm³/mol. The first-order chi connectivity index (χ1) is 17.5. The first-order valence-corrected chi connectivity index (χ1v) is 11.8. The molecule has 12 nitrogen and oxygen atoms in total. The third-order valence-electron chi connectivity index (χ3n) is 5.43. The minimum Gasteiger partial charge on any atom is -0.399 e. The maximum atomic E-state index is 13.6. The second-order valence-corrected chi connectivity index (χ2v) is 9.84. The number of nitrogens with two attached hydrogens (primary N) is 1. The van der Waals surface area contributed by atoms with Gasteiger partial charge >= 0.3 is 0 Å². The van der Waals surface area contributed by atoms with Crippen molar-refractivity contribution in [3.63, 3.8) is 0 Å². The van der Waals surface area contributed by atoms with Gasteiger partial charge in [-0.25, -0.2) is 9.67 Å². The van der Waals surface area contributed by atoms with E-state index >= 15 is 0 Å². The number of pyridine rings is 1. The molecule has 0 unspecified atom stereocenters. The molecule has 0 aliphatic carbocycles. The van der Waals surface area contributed by atoms with E-state index < -0.39 is 5.91 Å². The predicted octanol–water partition coefficient (Wildman–Crippen LogP) is 2.76. The molecule has 0 saturated carbocycles. The highest BCUT2D eigenvalue weighted by atomic mass is 35.5. The summed E-state index contributed by atoms with van der Waals surface area (Å²) in [7, 11) is 1.50. The summed E-state index contributed by atoms with van der Waals surface area (Å²) >= 11 is 6.39. The molecule has 2 amide bonds. The van der Waals surface area contributed by atoms with Crippen molar-refractivity contribution in [2.75, 3.05) is 18.1 Å². The quantitative estimate of drug-likeness (QED) is 0.326. The summed E-state index contributed by atoms with van der Waals surface area (Å²) < 4.78 is 1.35. The number of rotatable bonds is 6. The third-order valence-corrected chi connectivity index (χ3v) is 5.72. The fourth-order valence-electron chi connectivity index (χ4n) is 3.59. The van der Waals surface area contributed by atoms with Crippen molar-refractivity contribution in [2.45, 2.75) is 39.7 Å². The average Bonchev–Trinajstić information content (AvgIpc) is 3.48. The average molecular weight is 523 g/mol. The molecular formula is C24H27ClN10O2. The van der Waals surface area contributed by atoms with Crippen LogP contribution >= 0.6 is 11.6 Å². The number of nitrogens with zero attached hydrogens (tertiary/aromatic N) is 7. The van der Waals surface area contributed by atoms with Gasteiger partial charge in [0.05, 0.1) is 22.0 Å². The number of amides is 2. The Kier molecular flexibility index (Phi) is 6.94. The molecule has 0 atom stereocenters. The molecule has 4 N–H and O–H groups in total. The SMILES string of the molecule is CNC(=O)c1cc(N)cc(C)c1NC(=O)c1cc(Cn2nnc(C(C)(C)C)n2)nn1-c1ncccc1Cl. The van der Waals surface area contributed by atoms with Gasteiger partial charge in [-0.05, 0) is 48.0 Å². The number of nitrogens with one attached hydrogen (secondary N) is 2. The number of aromatic nitrogens is 7. The summed E-state index contributed by atoms with van der Waals surface area (Å²) in [5, 5.41) is 22.9. The lowest BCUT2D eigenvalue weighted by Gasteiger charge is -2.15. The topological polar surface area (TPSA) is 159 Å². The lowest BCUT2D eigenvalue weighted by molar-refractivity contribution is 0.0964. The molecule has 37 heavy (non-hydrogen) atoms. The van der Waals surface area contributed by atoms with E-state index in [0.717, 1.165) is 0 Å². The maximum absolute atomic E-state index is 13.6. The van der Waals surface area contributed by atoms with Crippen LogP contribution in [0.4, 0.5) is 11.4 Å². The van der Waals surface area contributed by atoms with E-state index in [0.29, 0.717) is 33.5 Å². The summed E-state index contributed by atoms with van der Waals surface area (Å²) in [6.07, 6.45) is 1.55. The van der Waals surface area contributed by atoms with Crippen molar-refractivity contribution in [1.82, 2.24) is 40.3 Å². The van der Waals surface area contributed by atoms with E-state index in [9.17, 15) is 9.59 Å². The second kappa shape index (κ2) is 9.97. The summed E-state index contributed by atoms with van der Waals surface area (Å²) in [6, 6.07) is 8.09. The number of benzene rings is 1. The molecule has 0 saturated heterocycles. The van der Waals surface area contributed by atoms with Crippen LogP contribution in [0.25, 0.3) is 5.82 Å². The number of carbonyl (C=O) groups excluding carboxylic acids is 2. The zero-order valence-electron chi connectivity index (χ0n) is 21.1. The van der Waals surface area contributed by atoms with Crippen LogP contribution < -0.4 is 16.4 Å². The molecule has 0 aliphatic rings. The van der Waals surface area contributed by atoms with Crippen LogP contribution in [-0.2, 0) is 12.0 Å².